The van der Waals surface area contributed by atoms with E-state index in [-0.39, 0.29) is 6.10 Å². The van der Waals surface area contributed by atoms with Crippen LogP contribution in [0.2, 0.25) is 0 Å². The predicted molar refractivity (Wildman–Crippen MR) is 77.5 cm³/mol. The number of hydrogen-bond donors (Lipinski definition) is 0. The average molecular weight is 329 g/mol. The van der Waals surface area contributed by atoms with Crippen molar-refractivity contribution in [1.82, 2.24) is 9.97 Å². The summed E-state index contributed by atoms with van der Waals surface area (Å²) in [5.74, 6) is 1.18. The standard InChI is InChI=1S/C14H21BrN2O2/c1-9-5-10(7-14(2,3)6-9)19-13-16-8-11(15)12(17-13)18-4/h8-10H,5-7H2,1-4H3. The van der Waals surface area contributed by atoms with Crippen LogP contribution in [0.3, 0.4) is 0 Å². The second-order valence-corrected chi connectivity index (χ2v) is 7.02. The average Bonchev–Trinajstić information content (AvgIpc) is 2.29. The van der Waals surface area contributed by atoms with Crippen molar-refractivity contribution in [3.05, 3.63) is 10.7 Å². The Kier molecular flexibility index (Phi) is 4.33. The van der Waals surface area contributed by atoms with Crippen LogP contribution in [-0.4, -0.2) is 23.2 Å². The third kappa shape index (κ3) is 3.81. The number of methoxy groups -OCH3 is 1. The quantitative estimate of drug-likeness (QED) is 0.845. The summed E-state index contributed by atoms with van der Waals surface area (Å²) in [6, 6.07) is 0.398. The minimum atomic E-state index is 0.185. The molecule has 0 N–H and O–H groups in total. The zero-order chi connectivity index (χ0) is 14.0. The van der Waals surface area contributed by atoms with E-state index in [2.05, 4.69) is 46.7 Å². The zero-order valence-electron chi connectivity index (χ0n) is 11.9. The summed E-state index contributed by atoms with van der Waals surface area (Å²) < 4.78 is 11.8. The fourth-order valence-electron chi connectivity index (χ4n) is 3.03. The molecule has 4 nitrogen and oxygen atoms in total. The Balaban J connectivity index is 2.08. The SMILES string of the molecule is COc1nc(OC2CC(C)CC(C)(C)C2)ncc1Br. The Bertz CT molecular complexity index is 451. The Morgan fingerprint density at radius 2 is 2.11 bits per heavy atom. The summed E-state index contributed by atoms with van der Waals surface area (Å²) >= 11 is 3.34. The van der Waals surface area contributed by atoms with Crippen LogP contribution in [0.5, 0.6) is 11.9 Å². The van der Waals surface area contributed by atoms with Gasteiger partial charge in [-0.3, -0.25) is 0 Å². The van der Waals surface area contributed by atoms with Crippen molar-refractivity contribution in [3.8, 4) is 11.9 Å². The highest BCUT2D eigenvalue weighted by atomic mass is 79.9. The van der Waals surface area contributed by atoms with E-state index in [9.17, 15) is 0 Å². The molecule has 0 radical (unpaired) electrons. The maximum atomic E-state index is 5.94. The van der Waals surface area contributed by atoms with E-state index in [4.69, 9.17) is 9.47 Å². The normalized spacial score (nSPS) is 25.9. The molecule has 2 rings (SSSR count). The Labute approximate surface area is 123 Å². The molecule has 0 bridgehead atoms. The number of ether oxygens (including phenoxy) is 2. The van der Waals surface area contributed by atoms with Crippen molar-refractivity contribution >= 4 is 15.9 Å². The van der Waals surface area contributed by atoms with Gasteiger partial charge in [-0.2, -0.15) is 4.98 Å². The molecular weight excluding hydrogens is 308 g/mol. The molecule has 19 heavy (non-hydrogen) atoms. The molecular formula is C14H21BrN2O2. The van der Waals surface area contributed by atoms with Gasteiger partial charge in [0.25, 0.3) is 0 Å². The van der Waals surface area contributed by atoms with Gasteiger partial charge in [-0.15, -0.1) is 0 Å². The summed E-state index contributed by atoms with van der Waals surface area (Å²) in [4.78, 5) is 8.45. The maximum absolute atomic E-state index is 5.94. The minimum Gasteiger partial charge on any atom is -0.480 e. The molecule has 2 atom stereocenters. The van der Waals surface area contributed by atoms with E-state index >= 15 is 0 Å². The lowest BCUT2D eigenvalue weighted by molar-refractivity contribution is 0.0495. The summed E-state index contributed by atoms with van der Waals surface area (Å²) in [6.45, 7) is 6.87. The number of halogens is 1. The van der Waals surface area contributed by atoms with Crippen LogP contribution in [0.1, 0.15) is 40.0 Å². The van der Waals surface area contributed by atoms with Gasteiger partial charge in [0.15, 0.2) is 0 Å². The lowest BCUT2D eigenvalue weighted by Gasteiger charge is -2.38. The van der Waals surface area contributed by atoms with Crippen molar-refractivity contribution in [2.75, 3.05) is 7.11 Å². The second-order valence-electron chi connectivity index (χ2n) is 6.16. The molecule has 1 aliphatic carbocycles. The third-order valence-electron chi connectivity index (χ3n) is 3.50. The van der Waals surface area contributed by atoms with Gasteiger partial charge in [-0.25, -0.2) is 4.98 Å². The molecule has 1 heterocycles. The topological polar surface area (TPSA) is 44.2 Å². The molecule has 1 aliphatic rings. The highest BCUT2D eigenvalue weighted by Crippen LogP contribution is 2.39. The van der Waals surface area contributed by atoms with Crippen LogP contribution in [0.4, 0.5) is 0 Å². The summed E-state index contributed by atoms with van der Waals surface area (Å²) in [6.07, 6.45) is 5.20. The first-order chi connectivity index (χ1) is 8.89. The Morgan fingerprint density at radius 3 is 2.74 bits per heavy atom. The first kappa shape index (κ1) is 14.6. The van der Waals surface area contributed by atoms with Crippen LogP contribution < -0.4 is 9.47 Å². The lowest BCUT2D eigenvalue weighted by atomic mass is 9.71. The van der Waals surface area contributed by atoms with Gasteiger partial charge < -0.3 is 9.47 Å². The van der Waals surface area contributed by atoms with Crippen molar-refractivity contribution in [2.24, 2.45) is 11.3 Å². The number of rotatable bonds is 3. The molecule has 1 aromatic heterocycles. The van der Waals surface area contributed by atoms with E-state index in [1.165, 1.54) is 6.42 Å². The van der Waals surface area contributed by atoms with Crippen LogP contribution in [0.15, 0.2) is 10.7 Å². The summed E-state index contributed by atoms with van der Waals surface area (Å²) in [5.41, 5.74) is 0.321. The molecule has 0 aliphatic heterocycles. The smallest absolute Gasteiger partial charge is 0.320 e. The van der Waals surface area contributed by atoms with Gasteiger partial charge in [0, 0.05) is 0 Å². The first-order valence-electron chi connectivity index (χ1n) is 6.63. The Morgan fingerprint density at radius 1 is 1.37 bits per heavy atom. The van der Waals surface area contributed by atoms with Gasteiger partial charge >= 0.3 is 6.01 Å². The highest BCUT2D eigenvalue weighted by molar-refractivity contribution is 9.10. The van der Waals surface area contributed by atoms with Gasteiger partial charge in [0.1, 0.15) is 6.10 Å². The molecule has 106 valence electrons. The molecule has 0 aromatic carbocycles. The van der Waals surface area contributed by atoms with Crippen molar-refractivity contribution in [3.63, 3.8) is 0 Å². The Hall–Kier alpha value is -0.840. The fraction of sp³-hybridized carbons (Fsp3) is 0.714. The van der Waals surface area contributed by atoms with Crippen molar-refractivity contribution < 1.29 is 9.47 Å². The first-order valence-corrected chi connectivity index (χ1v) is 7.42. The molecule has 0 amide bonds. The molecule has 1 fully saturated rings. The van der Waals surface area contributed by atoms with Crippen LogP contribution in [0.25, 0.3) is 0 Å². The fourth-order valence-corrected chi connectivity index (χ4v) is 3.39. The zero-order valence-corrected chi connectivity index (χ0v) is 13.5. The van der Waals surface area contributed by atoms with E-state index < -0.39 is 0 Å². The van der Waals surface area contributed by atoms with E-state index in [1.54, 1.807) is 13.3 Å². The monoisotopic (exact) mass is 328 g/mol. The largest absolute Gasteiger partial charge is 0.480 e. The van der Waals surface area contributed by atoms with Gasteiger partial charge in [-0.1, -0.05) is 20.8 Å². The second kappa shape index (κ2) is 5.65. The molecule has 5 heteroatoms. The van der Waals surface area contributed by atoms with E-state index in [0.29, 0.717) is 23.2 Å². The third-order valence-corrected chi connectivity index (χ3v) is 4.05. The number of nitrogens with zero attached hydrogens (tertiary/aromatic N) is 2. The number of aromatic nitrogens is 2. The van der Waals surface area contributed by atoms with Crippen LogP contribution in [-0.2, 0) is 0 Å². The predicted octanol–water partition coefficient (Wildman–Crippen LogP) is 3.84. The minimum absolute atomic E-state index is 0.185. The molecule has 0 saturated heterocycles. The van der Waals surface area contributed by atoms with Crippen molar-refractivity contribution in [1.29, 1.82) is 0 Å². The van der Waals surface area contributed by atoms with Crippen molar-refractivity contribution in [2.45, 2.75) is 46.1 Å². The maximum Gasteiger partial charge on any atom is 0.320 e. The van der Waals surface area contributed by atoms with Gasteiger partial charge in [0.2, 0.25) is 5.88 Å². The van der Waals surface area contributed by atoms with E-state index in [0.717, 1.165) is 17.3 Å². The molecule has 1 aromatic rings. The van der Waals surface area contributed by atoms with Gasteiger partial charge in [0.05, 0.1) is 17.8 Å². The number of hydrogen-bond acceptors (Lipinski definition) is 4. The highest BCUT2D eigenvalue weighted by Gasteiger charge is 2.33. The lowest BCUT2D eigenvalue weighted by Crippen LogP contribution is -2.34. The molecule has 1 saturated carbocycles. The van der Waals surface area contributed by atoms with E-state index in [1.807, 2.05) is 0 Å². The van der Waals surface area contributed by atoms with Crippen LogP contribution >= 0.6 is 15.9 Å². The van der Waals surface area contributed by atoms with Gasteiger partial charge in [-0.05, 0) is 46.5 Å². The summed E-state index contributed by atoms with van der Waals surface area (Å²) in [7, 11) is 1.59. The molecule has 0 spiro atoms. The van der Waals surface area contributed by atoms with Crippen LogP contribution in [0, 0.1) is 11.3 Å². The molecule has 2 unspecified atom stereocenters. The summed E-state index contributed by atoms with van der Waals surface area (Å²) in [5, 5.41) is 0.